The summed E-state index contributed by atoms with van der Waals surface area (Å²) in [6, 6.07) is 11.9. The van der Waals surface area contributed by atoms with E-state index in [-0.39, 0.29) is 10.8 Å². The number of carbonyl (C=O) groups is 1. The molecule has 1 saturated heterocycles. The Morgan fingerprint density at radius 3 is 2.41 bits per heavy atom. The minimum atomic E-state index is -3.61. The van der Waals surface area contributed by atoms with Gasteiger partial charge in [0.2, 0.25) is 10.0 Å². The minimum Gasteiger partial charge on any atom is -0.310 e. The van der Waals surface area contributed by atoms with E-state index in [1.807, 2.05) is 0 Å². The fraction of sp³-hybridized carbons (Fsp3) is 0.350. The van der Waals surface area contributed by atoms with Crippen LogP contribution in [-0.2, 0) is 10.0 Å². The third kappa shape index (κ3) is 4.03. The Morgan fingerprint density at radius 2 is 1.74 bits per heavy atom. The molecule has 27 heavy (non-hydrogen) atoms. The highest BCUT2D eigenvalue weighted by molar-refractivity contribution is 7.89. The number of sulfonamides is 1. The molecule has 2 aromatic carbocycles. The Morgan fingerprint density at radius 1 is 1.07 bits per heavy atom. The Bertz CT molecular complexity index is 953. The maximum absolute atomic E-state index is 13.1. The highest BCUT2D eigenvalue weighted by Crippen LogP contribution is 2.28. The average molecular weight is 407 g/mol. The normalized spacial score (nSPS) is 15.5. The van der Waals surface area contributed by atoms with Crippen molar-refractivity contribution in [1.29, 1.82) is 0 Å². The molecule has 0 N–H and O–H groups in total. The first-order valence-electron chi connectivity index (χ1n) is 8.96. The lowest BCUT2D eigenvalue weighted by Gasteiger charge is -2.27. The molecule has 5 nitrogen and oxygen atoms in total. The summed E-state index contributed by atoms with van der Waals surface area (Å²) in [5.74, 6) is -0.307. The van der Waals surface area contributed by atoms with Gasteiger partial charge in [0.05, 0.1) is 15.6 Å². The van der Waals surface area contributed by atoms with Gasteiger partial charge in [0, 0.05) is 25.7 Å². The van der Waals surface area contributed by atoms with Crippen LogP contribution in [0, 0.1) is 6.92 Å². The quantitative estimate of drug-likeness (QED) is 0.768. The second-order valence-corrected chi connectivity index (χ2v) is 9.07. The number of hydrogen-bond donors (Lipinski definition) is 0. The van der Waals surface area contributed by atoms with Crippen molar-refractivity contribution in [3.8, 4) is 0 Å². The third-order valence-corrected chi connectivity index (χ3v) is 7.25. The summed E-state index contributed by atoms with van der Waals surface area (Å²) in [5, 5.41) is 0.460. The van der Waals surface area contributed by atoms with Gasteiger partial charge in [0.1, 0.15) is 0 Å². The molecule has 1 amide bonds. The molecular weight excluding hydrogens is 384 g/mol. The molecule has 0 atom stereocenters. The fourth-order valence-corrected chi connectivity index (χ4v) is 5.31. The predicted octanol–water partition coefficient (Wildman–Crippen LogP) is 4.10. The molecule has 7 heteroatoms. The van der Waals surface area contributed by atoms with E-state index in [4.69, 9.17) is 11.6 Å². The molecule has 1 heterocycles. The number of para-hydroxylation sites is 1. The van der Waals surface area contributed by atoms with E-state index in [0.717, 1.165) is 19.3 Å². The van der Waals surface area contributed by atoms with Gasteiger partial charge in [-0.3, -0.25) is 4.79 Å². The van der Waals surface area contributed by atoms with Crippen LogP contribution in [0.2, 0.25) is 5.02 Å². The molecule has 0 unspecified atom stereocenters. The number of benzene rings is 2. The number of carbonyl (C=O) groups excluding carboxylic acids is 1. The number of rotatable bonds is 4. The number of amides is 1. The van der Waals surface area contributed by atoms with Gasteiger partial charge in [-0.1, -0.05) is 36.2 Å². The SMILES string of the molecule is Cc1ccc(C(=O)N(C)c2ccccc2Cl)cc1S(=O)(=O)N1CCCCC1. The van der Waals surface area contributed by atoms with Gasteiger partial charge in [0.15, 0.2) is 0 Å². The smallest absolute Gasteiger partial charge is 0.258 e. The molecule has 0 saturated carbocycles. The largest absolute Gasteiger partial charge is 0.310 e. The summed E-state index contributed by atoms with van der Waals surface area (Å²) in [7, 11) is -1.98. The van der Waals surface area contributed by atoms with E-state index >= 15 is 0 Å². The molecule has 0 aliphatic carbocycles. The van der Waals surface area contributed by atoms with Crippen LogP contribution in [0.25, 0.3) is 0 Å². The minimum absolute atomic E-state index is 0.197. The van der Waals surface area contributed by atoms with E-state index in [0.29, 0.717) is 34.9 Å². The van der Waals surface area contributed by atoms with Crippen LogP contribution in [-0.4, -0.2) is 38.8 Å². The van der Waals surface area contributed by atoms with Crippen molar-refractivity contribution < 1.29 is 13.2 Å². The first kappa shape index (κ1) is 19.9. The zero-order chi connectivity index (χ0) is 19.6. The molecule has 1 fully saturated rings. The Labute approximate surface area is 165 Å². The van der Waals surface area contributed by atoms with Gasteiger partial charge in [-0.25, -0.2) is 8.42 Å². The van der Waals surface area contributed by atoms with Crippen molar-refractivity contribution in [2.75, 3.05) is 25.0 Å². The second-order valence-electron chi connectivity index (χ2n) is 6.76. The predicted molar refractivity (Wildman–Crippen MR) is 108 cm³/mol. The zero-order valence-corrected chi connectivity index (χ0v) is 17.1. The number of aryl methyl sites for hydroxylation is 1. The van der Waals surface area contributed by atoms with E-state index in [1.54, 1.807) is 50.4 Å². The number of anilines is 1. The van der Waals surface area contributed by atoms with Gasteiger partial charge in [-0.15, -0.1) is 0 Å². The van der Waals surface area contributed by atoms with Crippen molar-refractivity contribution in [3.63, 3.8) is 0 Å². The summed E-state index contributed by atoms with van der Waals surface area (Å²) in [4.78, 5) is 14.6. The second kappa shape index (κ2) is 8.00. The molecule has 144 valence electrons. The summed E-state index contributed by atoms with van der Waals surface area (Å²) in [6.45, 7) is 2.81. The van der Waals surface area contributed by atoms with Crippen LogP contribution in [0.4, 0.5) is 5.69 Å². The summed E-state index contributed by atoms with van der Waals surface area (Å²) >= 11 is 6.18. The maximum atomic E-state index is 13.1. The zero-order valence-electron chi connectivity index (χ0n) is 15.5. The van der Waals surface area contributed by atoms with Crippen molar-refractivity contribution in [2.24, 2.45) is 0 Å². The van der Waals surface area contributed by atoms with Crippen LogP contribution in [0.3, 0.4) is 0 Å². The molecule has 3 rings (SSSR count). The van der Waals surface area contributed by atoms with Crippen LogP contribution in [0.1, 0.15) is 35.2 Å². The molecular formula is C20H23ClN2O3S. The number of nitrogens with zero attached hydrogens (tertiary/aromatic N) is 2. The third-order valence-electron chi connectivity index (χ3n) is 4.89. The highest BCUT2D eigenvalue weighted by Gasteiger charge is 2.28. The van der Waals surface area contributed by atoms with E-state index in [1.165, 1.54) is 15.3 Å². The number of piperidine rings is 1. The lowest BCUT2D eigenvalue weighted by atomic mass is 10.1. The Kier molecular flexibility index (Phi) is 5.89. The molecule has 0 spiro atoms. The first-order chi connectivity index (χ1) is 12.8. The summed E-state index contributed by atoms with van der Waals surface area (Å²) in [5.41, 5.74) is 1.53. The van der Waals surface area contributed by atoms with Gasteiger partial charge >= 0.3 is 0 Å². The molecule has 0 radical (unpaired) electrons. The van der Waals surface area contributed by atoms with Crippen molar-refractivity contribution >= 4 is 33.2 Å². The monoisotopic (exact) mass is 406 g/mol. The Hall–Kier alpha value is -1.89. The van der Waals surface area contributed by atoms with Crippen LogP contribution in [0.15, 0.2) is 47.4 Å². The molecule has 1 aliphatic rings. The average Bonchev–Trinajstić information content (AvgIpc) is 2.68. The number of hydrogen-bond acceptors (Lipinski definition) is 3. The van der Waals surface area contributed by atoms with E-state index < -0.39 is 10.0 Å². The molecule has 0 bridgehead atoms. The van der Waals surface area contributed by atoms with Gasteiger partial charge < -0.3 is 4.90 Å². The Balaban J connectivity index is 1.95. The van der Waals surface area contributed by atoms with Gasteiger partial charge in [-0.05, 0) is 49.6 Å². The van der Waals surface area contributed by atoms with Crippen molar-refractivity contribution in [2.45, 2.75) is 31.1 Å². The van der Waals surface area contributed by atoms with E-state index in [2.05, 4.69) is 0 Å². The standard InChI is InChI=1S/C20H23ClN2O3S/c1-15-10-11-16(20(24)22(2)18-9-5-4-8-17(18)21)14-19(15)27(25,26)23-12-6-3-7-13-23/h4-5,8-11,14H,3,6-7,12-13H2,1-2H3. The van der Waals surface area contributed by atoms with Gasteiger partial charge in [-0.2, -0.15) is 4.31 Å². The van der Waals surface area contributed by atoms with Crippen LogP contribution >= 0.6 is 11.6 Å². The van der Waals surface area contributed by atoms with Crippen LogP contribution < -0.4 is 4.90 Å². The number of halogens is 1. The molecule has 1 aliphatic heterocycles. The summed E-state index contributed by atoms with van der Waals surface area (Å²) in [6.07, 6.45) is 2.78. The summed E-state index contributed by atoms with van der Waals surface area (Å²) < 4.78 is 27.6. The molecule has 0 aromatic heterocycles. The lowest BCUT2D eigenvalue weighted by molar-refractivity contribution is 0.0993. The highest BCUT2D eigenvalue weighted by atomic mass is 35.5. The van der Waals surface area contributed by atoms with Crippen LogP contribution in [0.5, 0.6) is 0 Å². The topological polar surface area (TPSA) is 57.7 Å². The lowest BCUT2D eigenvalue weighted by Crippen LogP contribution is -2.36. The van der Waals surface area contributed by atoms with Crippen molar-refractivity contribution in [1.82, 2.24) is 4.31 Å². The fourth-order valence-electron chi connectivity index (χ4n) is 3.28. The molecule has 2 aromatic rings. The maximum Gasteiger partial charge on any atom is 0.258 e. The first-order valence-corrected chi connectivity index (χ1v) is 10.8. The van der Waals surface area contributed by atoms with Gasteiger partial charge in [0.25, 0.3) is 5.91 Å². The van der Waals surface area contributed by atoms with E-state index in [9.17, 15) is 13.2 Å². The van der Waals surface area contributed by atoms with Crippen molar-refractivity contribution in [3.05, 3.63) is 58.6 Å².